The Balaban J connectivity index is 1.82. The van der Waals surface area contributed by atoms with E-state index >= 15 is 0 Å². The summed E-state index contributed by atoms with van der Waals surface area (Å²) < 4.78 is 10.7. The Morgan fingerprint density at radius 1 is 1.16 bits per heavy atom. The van der Waals surface area contributed by atoms with Crippen molar-refractivity contribution in [2.24, 2.45) is 0 Å². The van der Waals surface area contributed by atoms with Gasteiger partial charge in [0.1, 0.15) is 16.5 Å². The average molecular weight is 366 g/mol. The van der Waals surface area contributed by atoms with Gasteiger partial charge in [-0.2, -0.15) is 0 Å². The van der Waals surface area contributed by atoms with Crippen LogP contribution in [0.25, 0.3) is 0 Å². The Labute approximate surface area is 148 Å². The first-order valence-electron chi connectivity index (χ1n) is 7.34. The molecule has 0 unspecified atom stereocenters. The molecule has 9 heteroatoms. The summed E-state index contributed by atoms with van der Waals surface area (Å²) in [5, 5.41) is 15.8. The van der Waals surface area contributed by atoms with Crippen LogP contribution in [0.15, 0.2) is 42.5 Å². The Morgan fingerprint density at radius 2 is 1.80 bits per heavy atom. The van der Waals surface area contributed by atoms with E-state index in [1.54, 1.807) is 24.3 Å². The summed E-state index contributed by atoms with van der Waals surface area (Å²) in [4.78, 5) is 22.0. The minimum atomic E-state index is -0.625. The van der Waals surface area contributed by atoms with Gasteiger partial charge in [-0.3, -0.25) is 10.1 Å². The molecule has 2 rings (SSSR count). The molecule has 0 aliphatic carbocycles. The fraction of sp³-hybridized carbons (Fsp3) is 0.188. The van der Waals surface area contributed by atoms with Crippen molar-refractivity contribution in [2.75, 3.05) is 18.7 Å². The summed E-state index contributed by atoms with van der Waals surface area (Å²) in [6, 6.07) is 10.4. The lowest BCUT2D eigenvalue weighted by atomic mass is 10.3. The Morgan fingerprint density at radius 3 is 2.40 bits per heavy atom. The molecule has 0 aromatic heterocycles. The topological polar surface area (TPSA) is 103 Å². The van der Waals surface area contributed by atoms with Crippen LogP contribution in [0.2, 0.25) is 5.02 Å². The largest absolute Gasteiger partial charge is 0.494 e. The molecule has 0 atom stereocenters. The summed E-state index contributed by atoms with van der Waals surface area (Å²) in [5.41, 5.74) is -0.0419. The summed E-state index contributed by atoms with van der Waals surface area (Å²) in [6.45, 7) is 2.39. The number of carbonyl (C=O) groups is 1. The van der Waals surface area contributed by atoms with Crippen LogP contribution in [-0.4, -0.2) is 24.3 Å². The molecule has 0 radical (unpaired) electrons. The van der Waals surface area contributed by atoms with Crippen LogP contribution in [-0.2, 0) is 0 Å². The van der Waals surface area contributed by atoms with Crippen molar-refractivity contribution in [1.82, 2.24) is 5.32 Å². The molecule has 132 valence electrons. The van der Waals surface area contributed by atoms with Crippen molar-refractivity contribution in [2.45, 2.75) is 6.92 Å². The second-order valence-electron chi connectivity index (χ2n) is 4.75. The van der Waals surface area contributed by atoms with Gasteiger partial charge in [0.15, 0.2) is 6.73 Å². The SMILES string of the molecule is CCOc1ccc(OCNC(=O)Nc2ccc(Cl)c([N+](=O)[O-])c2)cc1. The highest BCUT2D eigenvalue weighted by Gasteiger charge is 2.13. The fourth-order valence-electron chi connectivity index (χ4n) is 1.89. The highest BCUT2D eigenvalue weighted by molar-refractivity contribution is 6.32. The lowest BCUT2D eigenvalue weighted by Crippen LogP contribution is -2.32. The fourth-order valence-corrected chi connectivity index (χ4v) is 2.08. The lowest BCUT2D eigenvalue weighted by Gasteiger charge is -2.10. The number of nitrogens with zero attached hydrogens (tertiary/aromatic N) is 1. The summed E-state index contributed by atoms with van der Waals surface area (Å²) in [5.74, 6) is 1.29. The molecule has 0 bridgehead atoms. The molecule has 0 aliphatic heterocycles. The molecule has 2 amide bonds. The maximum Gasteiger partial charge on any atom is 0.321 e. The van der Waals surface area contributed by atoms with Gasteiger partial charge in [-0.25, -0.2) is 4.79 Å². The van der Waals surface area contributed by atoms with Crippen molar-refractivity contribution >= 4 is 29.0 Å². The predicted octanol–water partition coefficient (Wildman–Crippen LogP) is 3.80. The number of anilines is 1. The van der Waals surface area contributed by atoms with Gasteiger partial charge in [-0.15, -0.1) is 0 Å². The van der Waals surface area contributed by atoms with Crippen molar-refractivity contribution < 1.29 is 19.2 Å². The normalized spacial score (nSPS) is 10.0. The van der Waals surface area contributed by atoms with Crippen molar-refractivity contribution in [3.8, 4) is 11.5 Å². The molecule has 0 saturated carbocycles. The minimum Gasteiger partial charge on any atom is -0.494 e. The van der Waals surface area contributed by atoms with Gasteiger partial charge in [-0.05, 0) is 43.3 Å². The number of hydrogen-bond donors (Lipinski definition) is 2. The quantitative estimate of drug-likeness (QED) is 0.441. The van der Waals surface area contributed by atoms with Crippen LogP contribution in [0, 0.1) is 10.1 Å². The van der Waals surface area contributed by atoms with Gasteiger partial charge < -0.3 is 20.1 Å². The van der Waals surface area contributed by atoms with Crippen molar-refractivity contribution in [3.05, 3.63) is 57.6 Å². The molecular formula is C16H16ClN3O5. The van der Waals surface area contributed by atoms with E-state index in [1.807, 2.05) is 6.92 Å². The third-order valence-corrected chi connectivity index (χ3v) is 3.33. The van der Waals surface area contributed by atoms with Crippen LogP contribution in [0.3, 0.4) is 0 Å². The zero-order valence-electron chi connectivity index (χ0n) is 13.3. The summed E-state index contributed by atoms with van der Waals surface area (Å²) >= 11 is 5.71. The smallest absolute Gasteiger partial charge is 0.321 e. The van der Waals surface area contributed by atoms with Gasteiger partial charge in [-0.1, -0.05) is 11.6 Å². The number of nitro groups is 1. The molecule has 0 saturated heterocycles. The molecule has 2 aromatic carbocycles. The Hall–Kier alpha value is -3.00. The number of carbonyl (C=O) groups excluding carboxylic acids is 1. The van der Waals surface area contributed by atoms with Crippen molar-refractivity contribution in [1.29, 1.82) is 0 Å². The highest BCUT2D eigenvalue weighted by atomic mass is 35.5. The molecule has 2 N–H and O–H groups in total. The van der Waals surface area contributed by atoms with Gasteiger partial charge >= 0.3 is 6.03 Å². The zero-order chi connectivity index (χ0) is 18.2. The highest BCUT2D eigenvalue weighted by Crippen LogP contribution is 2.27. The third kappa shape index (κ3) is 5.54. The van der Waals surface area contributed by atoms with Crippen LogP contribution < -0.4 is 20.1 Å². The first-order chi connectivity index (χ1) is 12.0. The van der Waals surface area contributed by atoms with Crippen LogP contribution in [0.5, 0.6) is 11.5 Å². The minimum absolute atomic E-state index is 0.00482. The first-order valence-corrected chi connectivity index (χ1v) is 7.72. The van der Waals surface area contributed by atoms with E-state index in [0.717, 1.165) is 5.75 Å². The number of benzene rings is 2. The first kappa shape index (κ1) is 18.3. The number of nitro benzene ring substituents is 1. The number of hydrogen-bond acceptors (Lipinski definition) is 5. The van der Waals surface area contributed by atoms with Crippen LogP contribution >= 0.6 is 11.6 Å². The average Bonchev–Trinajstić information content (AvgIpc) is 2.58. The van der Waals surface area contributed by atoms with Gasteiger partial charge in [0.05, 0.1) is 11.5 Å². The number of nitrogens with one attached hydrogen (secondary N) is 2. The molecule has 2 aromatic rings. The number of halogens is 1. The second kappa shape index (κ2) is 8.74. The number of ether oxygens (including phenoxy) is 2. The standard InChI is InChI=1S/C16H16ClN3O5/c1-2-24-12-4-6-13(7-5-12)25-10-18-16(21)19-11-3-8-14(17)15(9-11)20(22)23/h3-9H,2,10H2,1H3,(H2,18,19,21). The van der Waals surface area contributed by atoms with Gasteiger partial charge in [0.2, 0.25) is 0 Å². The molecular weight excluding hydrogens is 350 g/mol. The molecule has 0 fully saturated rings. The van der Waals surface area contributed by atoms with Crippen molar-refractivity contribution in [3.63, 3.8) is 0 Å². The maximum atomic E-state index is 11.8. The summed E-state index contributed by atoms with van der Waals surface area (Å²) in [7, 11) is 0. The molecule has 0 aliphatic rings. The zero-order valence-corrected chi connectivity index (χ0v) is 14.1. The van der Waals surface area contributed by atoms with E-state index in [1.165, 1.54) is 18.2 Å². The van der Waals surface area contributed by atoms with E-state index < -0.39 is 11.0 Å². The van der Waals surface area contributed by atoms with Crippen LogP contribution in [0.4, 0.5) is 16.2 Å². The monoisotopic (exact) mass is 365 g/mol. The van der Waals surface area contributed by atoms with E-state index in [0.29, 0.717) is 12.4 Å². The van der Waals surface area contributed by atoms with Crippen LogP contribution in [0.1, 0.15) is 6.92 Å². The molecule has 25 heavy (non-hydrogen) atoms. The number of amides is 2. The van der Waals surface area contributed by atoms with E-state index in [9.17, 15) is 14.9 Å². The molecule has 0 spiro atoms. The van der Waals surface area contributed by atoms with E-state index in [2.05, 4.69) is 10.6 Å². The van der Waals surface area contributed by atoms with Gasteiger partial charge in [0, 0.05) is 11.8 Å². The number of rotatable bonds is 7. The Kier molecular flexibility index (Phi) is 6.41. The Bertz CT molecular complexity index is 752. The third-order valence-electron chi connectivity index (χ3n) is 3.01. The maximum absolute atomic E-state index is 11.8. The molecule has 8 nitrogen and oxygen atoms in total. The van der Waals surface area contributed by atoms with Gasteiger partial charge in [0.25, 0.3) is 5.69 Å². The lowest BCUT2D eigenvalue weighted by molar-refractivity contribution is -0.384. The predicted molar refractivity (Wildman–Crippen MR) is 93.4 cm³/mol. The van der Waals surface area contributed by atoms with E-state index in [4.69, 9.17) is 21.1 Å². The van der Waals surface area contributed by atoms with E-state index in [-0.39, 0.29) is 23.1 Å². The second-order valence-corrected chi connectivity index (χ2v) is 5.15. The molecule has 0 heterocycles. The summed E-state index contributed by atoms with van der Waals surface area (Å²) in [6.07, 6.45) is 0. The number of urea groups is 1.